The van der Waals surface area contributed by atoms with Crippen molar-refractivity contribution in [2.75, 3.05) is 0 Å². The fourth-order valence-electron chi connectivity index (χ4n) is 2.55. The highest BCUT2D eigenvalue weighted by molar-refractivity contribution is 5.66. The summed E-state index contributed by atoms with van der Waals surface area (Å²) in [6, 6.07) is 5.65. The van der Waals surface area contributed by atoms with E-state index in [1.165, 1.54) is 0 Å². The van der Waals surface area contributed by atoms with Crippen molar-refractivity contribution in [3.05, 3.63) is 35.1 Å². The van der Waals surface area contributed by atoms with E-state index in [-0.39, 0.29) is 10.8 Å². The fraction of sp³-hybridized carbons (Fsp3) is 0.526. The number of aromatic nitrogens is 1. The fourth-order valence-corrected chi connectivity index (χ4v) is 2.55. The van der Waals surface area contributed by atoms with E-state index in [1.54, 1.807) is 13.0 Å². The molecule has 0 aliphatic heterocycles. The van der Waals surface area contributed by atoms with Crippen LogP contribution in [-0.4, -0.2) is 15.4 Å². The number of aromatic hydroxyl groups is 1. The Morgan fingerprint density at radius 3 is 1.78 bits per heavy atom. The van der Waals surface area contributed by atoms with Crippen LogP contribution in [0.1, 0.15) is 71.5 Å². The van der Waals surface area contributed by atoms with E-state index < -0.39 is 6.10 Å². The summed E-state index contributed by atoms with van der Waals surface area (Å²) in [5.74, 6) is 0.774. The van der Waals surface area contributed by atoms with Crippen LogP contribution in [0.25, 0.3) is 11.3 Å². The zero-order valence-electron chi connectivity index (χ0n) is 15.1. The minimum atomic E-state index is -0.697. The van der Waals surface area contributed by atoms with E-state index in [1.807, 2.05) is 12.1 Å². The second-order valence-corrected chi connectivity index (χ2v) is 8.21. The molecule has 126 valence electrons. The summed E-state index contributed by atoms with van der Waals surface area (Å²) in [6.07, 6.45) is -0.697. The predicted octanol–water partition coefficient (Wildman–Crippen LogP) is 4.70. The zero-order chi connectivity index (χ0) is 17.6. The quantitative estimate of drug-likeness (QED) is 0.843. The van der Waals surface area contributed by atoms with Gasteiger partial charge in [0.25, 0.3) is 0 Å². The molecular formula is C19H27NO3. The van der Waals surface area contributed by atoms with Crippen molar-refractivity contribution in [2.24, 2.45) is 0 Å². The highest BCUT2D eigenvalue weighted by Crippen LogP contribution is 2.41. The number of phenols is 1. The first-order valence-electron chi connectivity index (χ1n) is 7.94. The summed E-state index contributed by atoms with van der Waals surface area (Å²) < 4.78 is 5.20. The normalized spacial score (nSPS) is 14.1. The molecular weight excluding hydrogens is 290 g/mol. The van der Waals surface area contributed by atoms with Gasteiger partial charge in [-0.3, -0.25) is 0 Å². The van der Waals surface area contributed by atoms with Crippen LogP contribution in [0.15, 0.2) is 22.7 Å². The third kappa shape index (κ3) is 3.58. The average molecular weight is 317 g/mol. The summed E-state index contributed by atoms with van der Waals surface area (Å²) in [6.45, 7) is 14.1. The van der Waals surface area contributed by atoms with Gasteiger partial charge in [-0.1, -0.05) is 46.7 Å². The van der Waals surface area contributed by atoms with Gasteiger partial charge in [0.1, 0.15) is 17.5 Å². The molecule has 0 aliphatic carbocycles. The van der Waals surface area contributed by atoms with Crippen molar-refractivity contribution >= 4 is 0 Å². The van der Waals surface area contributed by atoms with Crippen LogP contribution < -0.4 is 0 Å². The van der Waals surface area contributed by atoms with Crippen molar-refractivity contribution < 1.29 is 14.7 Å². The second kappa shape index (κ2) is 5.68. The molecule has 0 radical (unpaired) electrons. The SMILES string of the molecule is CC(O)c1cc(-c2cc(C(C)(C)C)c(O)c(C(C)(C)C)c2)no1. The topological polar surface area (TPSA) is 66.5 Å². The lowest BCUT2D eigenvalue weighted by Gasteiger charge is -2.28. The van der Waals surface area contributed by atoms with Crippen molar-refractivity contribution in [3.8, 4) is 17.0 Å². The lowest BCUT2D eigenvalue weighted by Crippen LogP contribution is -2.17. The molecule has 0 spiro atoms. The smallest absolute Gasteiger partial charge is 0.165 e. The first-order valence-corrected chi connectivity index (χ1v) is 7.94. The number of hydrogen-bond acceptors (Lipinski definition) is 4. The number of hydrogen-bond donors (Lipinski definition) is 2. The van der Waals surface area contributed by atoms with Gasteiger partial charge in [0.2, 0.25) is 0 Å². The van der Waals surface area contributed by atoms with Crippen LogP contribution in [0, 0.1) is 0 Å². The average Bonchev–Trinajstić information content (AvgIpc) is 2.85. The van der Waals surface area contributed by atoms with E-state index in [0.29, 0.717) is 17.2 Å². The molecule has 1 atom stereocenters. The first kappa shape index (κ1) is 17.5. The van der Waals surface area contributed by atoms with Gasteiger partial charge in [-0.15, -0.1) is 0 Å². The molecule has 0 aliphatic rings. The number of phenolic OH excluding ortho intramolecular Hbond substituents is 1. The van der Waals surface area contributed by atoms with Gasteiger partial charge in [0.15, 0.2) is 5.76 Å². The molecule has 1 heterocycles. The monoisotopic (exact) mass is 317 g/mol. The van der Waals surface area contributed by atoms with Gasteiger partial charge in [0, 0.05) is 22.8 Å². The lowest BCUT2D eigenvalue weighted by atomic mass is 9.78. The number of nitrogens with zero attached hydrogens (tertiary/aromatic N) is 1. The molecule has 1 aromatic heterocycles. The van der Waals surface area contributed by atoms with Crippen LogP contribution in [0.5, 0.6) is 5.75 Å². The van der Waals surface area contributed by atoms with Crippen molar-refractivity contribution in [3.63, 3.8) is 0 Å². The maximum absolute atomic E-state index is 10.7. The second-order valence-electron chi connectivity index (χ2n) is 8.21. The minimum Gasteiger partial charge on any atom is -0.507 e. The van der Waals surface area contributed by atoms with Crippen LogP contribution in [-0.2, 0) is 10.8 Å². The van der Waals surface area contributed by atoms with Crippen LogP contribution in [0.2, 0.25) is 0 Å². The molecule has 0 bridgehead atoms. The summed E-state index contributed by atoms with van der Waals surface area (Å²) >= 11 is 0. The van der Waals surface area contributed by atoms with Crippen LogP contribution in [0.3, 0.4) is 0 Å². The first-order chi connectivity index (χ1) is 10.4. The maximum atomic E-state index is 10.7. The minimum absolute atomic E-state index is 0.197. The molecule has 1 unspecified atom stereocenters. The van der Waals surface area contributed by atoms with Gasteiger partial charge in [-0.25, -0.2) is 0 Å². The molecule has 0 fully saturated rings. The zero-order valence-corrected chi connectivity index (χ0v) is 15.1. The Morgan fingerprint density at radius 1 is 0.957 bits per heavy atom. The number of benzene rings is 1. The van der Waals surface area contributed by atoms with E-state index in [2.05, 4.69) is 46.7 Å². The van der Waals surface area contributed by atoms with E-state index in [0.717, 1.165) is 16.7 Å². The summed E-state index contributed by atoms with van der Waals surface area (Å²) in [5, 5.41) is 24.4. The summed E-state index contributed by atoms with van der Waals surface area (Å²) in [7, 11) is 0. The largest absolute Gasteiger partial charge is 0.507 e. The maximum Gasteiger partial charge on any atom is 0.165 e. The molecule has 0 saturated heterocycles. The van der Waals surface area contributed by atoms with Gasteiger partial charge in [0.05, 0.1) is 0 Å². The molecule has 2 aromatic rings. The highest BCUT2D eigenvalue weighted by Gasteiger charge is 2.27. The summed E-state index contributed by atoms with van der Waals surface area (Å²) in [4.78, 5) is 0. The molecule has 0 saturated carbocycles. The lowest BCUT2D eigenvalue weighted by molar-refractivity contribution is 0.158. The van der Waals surface area contributed by atoms with E-state index in [4.69, 9.17) is 4.52 Å². The van der Waals surface area contributed by atoms with Crippen LogP contribution >= 0.6 is 0 Å². The van der Waals surface area contributed by atoms with Crippen molar-refractivity contribution in [2.45, 2.75) is 65.4 Å². The standard InChI is InChI=1S/C19H27NO3/c1-11(21)16-10-15(20-23-16)12-8-13(18(2,3)4)17(22)14(9-12)19(5,6)7/h8-11,21-22H,1-7H3. The summed E-state index contributed by atoms with van der Waals surface area (Å²) in [5.41, 5.74) is 2.90. The predicted molar refractivity (Wildman–Crippen MR) is 91.6 cm³/mol. The molecule has 23 heavy (non-hydrogen) atoms. The number of aliphatic hydroxyl groups is 1. The molecule has 1 aromatic carbocycles. The molecule has 2 rings (SSSR count). The molecule has 0 amide bonds. The van der Waals surface area contributed by atoms with Gasteiger partial charge < -0.3 is 14.7 Å². The number of aliphatic hydroxyl groups excluding tert-OH is 1. The van der Waals surface area contributed by atoms with E-state index >= 15 is 0 Å². The molecule has 2 N–H and O–H groups in total. The van der Waals surface area contributed by atoms with E-state index in [9.17, 15) is 10.2 Å². The Kier molecular flexibility index (Phi) is 4.33. The Morgan fingerprint density at radius 2 is 1.43 bits per heavy atom. The number of rotatable bonds is 2. The Hall–Kier alpha value is -1.81. The third-order valence-electron chi connectivity index (χ3n) is 3.96. The van der Waals surface area contributed by atoms with Gasteiger partial charge in [-0.05, 0) is 29.9 Å². The van der Waals surface area contributed by atoms with Crippen LogP contribution in [0.4, 0.5) is 0 Å². The Labute approximate surface area is 138 Å². The Bertz CT molecular complexity index is 665. The van der Waals surface area contributed by atoms with Gasteiger partial charge >= 0.3 is 0 Å². The highest BCUT2D eigenvalue weighted by atomic mass is 16.5. The molecule has 4 nitrogen and oxygen atoms in total. The van der Waals surface area contributed by atoms with Crippen molar-refractivity contribution in [1.82, 2.24) is 5.16 Å². The third-order valence-corrected chi connectivity index (χ3v) is 3.96. The molecule has 4 heteroatoms. The van der Waals surface area contributed by atoms with Crippen molar-refractivity contribution in [1.29, 1.82) is 0 Å². The Balaban J connectivity index is 2.68. The van der Waals surface area contributed by atoms with Gasteiger partial charge in [-0.2, -0.15) is 0 Å².